The molecule has 0 bridgehead atoms. The van der Waals surface area contributed by atoms with Gasteiger partial charge in [0.15, 0.2) is 11.5 Å². The van der Waals surface area contributed by atoms with Crippen molar-refractivity contribution in [2.75, 3.05) is 26.7 Å². The number of imidazole rings is 1. The standard InChI is InChI=1S/C23H28N4O2/c1-26-12-11-25-23(26)20-15-24-10-13-27(20)16-19-8-9-21(28-2)22(14-19)29-17-18-6-4-3-5-7-18/h3-9,11-12,14,20,24H,10,13,15-17H2,1-2H3. The number of benzene rings is 2. The van der Waals surface area contributed by atoms with Gasteiger partial charge in [0.25, 0.3) is 0 Å². The number of rotatable bonds is 7. The van der Waals surface area contributed by atoms with E-state index in [0.29, 0.717) is 6.61 Å². The summed E-state index contributed by atoms with van der Waals surface area (Å²) in [5, 5.41) is 3.49. The minimum atomic E-state index is 0.250. The number of hydrogen-bond acceptors (Lipinski definition) is 5. The van der Waals surface area contributed by atoms with Crippen molar-refractivity contribution in [2.45, 2.75) is 19.2 Å². The van der Waals surface area contributed by atoms with Gasteiger partial charge in [0.1, 0.15) is 12.4 Å². The van der Waals surface area contributed by atoms with E-state index < -0.39 is 0 Å². The molecule has 0 amide bonds. The topological polar surface area (TPSA) is 51.5 Å². The molecule has 0 radical (unpaired) electrons. The van der Waals surface area contributed by atoms with Crippen LogP contribution >= 0.6 is 0 Å². The molecule has 1 aliphatic rings. The van der Waals surface area contributed by atoms with E-state index in [2.05, 4.69) is 51.1 Å². The molecule has 1 fully saturated rings. The smallest absolute Gasteiger partial charge is 0.161 e. The van der Waals surface area contributed by atoms with Gasteiger partial charge in [-0.05, 0) is 23.3 Å². The summed E-state index contributed by atoms with van der Waals surface area (Å²) in [5.74, 6) is 2.62. The number of hydrogen-bond donors (Lipinski definition) is 1. The van der Waals surface area contributed by atoms with Crippen LogP contribution in [0.4, 0.5) is 0 Å². The molecule has 2 aromatic carbocycles. The Bertz CT molecular complexity index is 926. The molecule has 29 heavy (non-hydrogen) atoms. The lowest BCUT2D eigenvalue weighted by Gasteiger charge is -2.35. The Morgan fingerprint density at radius 3 is 2.72 bits per heavy atom. The molecule has 1 aliphatic heterocycles. The van der Waals surface area contributed by atoms with E-state index in [1.807, 2.05) is 36.7 Å². The first-order valence-corrected chi connectivity index (χ1v) is 10.00. The molecule has 6 heteroatoms. The van der Waals surface area contributed by atoms with E-state index in [0.717, 1.165) is 49.1 Å². The molecule has 1 aromatic heterocycles. The average molecular weight is 393 g/mol. The first kappa shape index (κ1) is 19.5. The van der Waals surface area contributed by atoms with Crippen LogP contribution in [0.2, 0.25) is 0 Å². The third-order valence-corrected chi connectivity index (χ3v) is 5.36. The number of nitrogens with zero attached hydrogens (tertiary/aromatic N) is 3. The quantitative estimate of drug-likeness (QED) is 0.669. The van der Waals surface area contributed by atoms with E-state index >= 15 is 0 Å². The second-order valence-electron chi connectivity index (χ2n) is 7.35. The summed E-state index contributed by atoms with van der Waals surface area (Å²) in [6.45, 7) is 4.21. The van der Waals surface area contributed by atoms with Crippen LogP contribution in [0.5, 0.6) is 11.5 Å². The predicted octanol–water partition coefficient (Wildman–Crippen LogP) is 3.15. The molecule has 0 saturated carbocycles. The Balaban J connectivity index is 1.51. The Morgan fingerprint density at radius 1 is 1.10 bits per heavy atom. The maximum atomic E-state index is 6.09. The summed E-state index contributed by atoms with van der Waals surface area (Å²) < 4.78 is 13.7. The van der Waals surface area contributed by atoms with E-state index in [-0.39, 0.29) is 6.04 Å². The van der Waals surface area contributed by atoms with Gasteiger partial charge in [0.2, 0.25) is 0 Å². The lowest BCUT2D eigenvalue weighted by atomic mass is 10.1. The zero-order chi connectivity index (χ0) is 20.1. The molecule has 1 N–H and O–H groups in total. The fourth-order valence-electron chi connectivity index (χ4n) is 3.79. The van der Waals surface area contributed by atoms with E-state index in [1.54, 1.807) is 7.11 Å². The molecular formula is C23H28N4O2. The minimum absolute atomic E-state index is 0.250. The van der Waals surface area contributed by atoms with E-state index in [1.165, 1.54) is 5.56 Å². The molecule has 4 rings (SSSR count). The fourth-order valence-corrected chi connectivity index (χ4v) is 3.79. The fraction of sp³-hybridized carbons (Fsp3) is 0.348. The number of aryl methyl sites for hydroxylation is 1. The molecule has 0 aliphatic carbocycles. The maximum Gasteiger partial charge on any atom is 0.161 e. The van der Waals surface area contributed by atoms with Crippen LogP contribution in [-0.4, -0.2) is 41.2 Å². The third-order valence-electron chi connectivity index (χ3n) is 5.36. The lowest BCUT2D eigenvalue weighted by Crippen LogP contribution is -2.46. The van der Waals surface area contributed by atoms with Crippen molar-refractivity contribution in [3.05, 3.63) is 77.9 Å². The van der Waals surface area contributed by atoms with Gasteiger partial charge >= 0.3 is 0 Å². The molecule has 3 aromatic rings. The van der Waals surface area contributed by atoms with Crippen LogP contribution in [0.3, 0.4) is 0 Å². The molecule has 1 saturated heterocycles. The van der Waals surface area contributed by atoms with Crippen LogP contribution in [0.15, 0.2) is 60.9 Å². The number of methoxy groups -OCH3 is 1. The van der Waals surface area contributed by atoms with Crippen molar-refractivity contribution in [2.24, 2.45) is 7.05 Å². The summed E-state index contributed by atoms with van der Waals surface area (Å²) in [4.78, 5) is 7.05. The molecule has 2 heterocycles. The average Bonchev–Trinajstić information content (AvgIpc) is 3.19. The number of nitrogens with one attached hydrogen (secondary N) is 1. The maximum absolute atomic E-state index is 6.09. The highest BCUT2D eigenvalue weighted by Crippen LogP contribution is 2.31. The first-order chi connectivity index (χ1) is 14.2. The van der Waals surface area contributed by atoms with Crippen molar-refractivity contribution >= 4 is 0 Å². The lowest BCUT2D eigenvalue weighted by molar-refractivity contribution is 0.144. The van der Waals surface area contributed by atoms with Gasteiger partial charge in [-0.2, -0.15) is 0 Å². The molecule has 0 spiro atoms. The van der Waals surface area contributed by atoms with Crippen LogP contribution in [-0.2, 0) is 20.2 Å². The largest absolute Gasteiger partial charge is 0.493 e. The van der Waals surface area contributed by atoms with Crippen molar-refractivity contribution in [1.82, 2.24) is 19.8 Å². The number of piperazine rings is 1. The molecule has 1 unspecified atom stereocenters. The Morgan fingerprint density at radius 2 is 1.97 bits per heavy atom. The normalized spacial score (nSPS) is 17.2. The Hall–Kier alpha value is -2.83. The highest BCUT2D eigenvalue weighted by molar-refractivity contribution is 5.43. The van der Waals surface area contributed by atoms with Crippen molar-refractivity contribution < 1.29 is 9.47 Å². The summed E-state index contributed by atoms with van der Waals surface area (Å²) in [5.41, 5.74) is 2.34. The van der Waals surface area contributed by atoms with Crippen LogP contribution in [0, 0.1) is 0 Å². The zero-order valence-corrected chi connectivity index (χ0v) is 17.0. The van der Waals surface area contributed by atoms with Gasteiger partial charge in [-0.25, -0.2) is 4.98 Å². The molecule has 152 valence electrons. The highest BCUT2D eigenvalue weighted by Gasteiger charge is 2.27. The number of ether oxygens (including phenoxy) is 2. The van der Waals surface area contributed by atoms with Crippen molar-refractivity contribution in [3.63, 3.8) is 0 Å². The first-order valence-electron chi connectivity index (χ1n) is 10.00. The molecule has 6 nitrogen and oxygen atoms in total. The van der Waals surface area contributed by atoms with Gasteiger partial charge in [-0.15, -0.1) is 0 Å². The van der Waals surface area contributed by atoms with E-state index in [9.17, 15) is 0 Å². The van der Waals surface area contributed by atoms with Crippen molar-refractivity contribution in [3.8, 4) is 11.5 Å². The third kappa shape index (κ3) is 4.60. The van der Waals surface area contributed by atoms with E-state index in [4.69, 9.17) is 9.47 Å². The molecule has 1 atom stereocenters. The van der Waals surface area contributed by atoms with Gasteiger partial charge in [-0.3, -0.25) is 4.90 Å². The Labute approximate surface area is 172 Å². The summed E-state index contributed by atoms with van der Waals surface area (Å²) in [6, 6.07) is 16.6. The van der Waals surface area contributed by atoms with Crippen LogP contribution < -0.4 is 14.8 Å². The highest BCUT2D eigenvalue weighted by atomic mass is 16.5. The SMILES string of the molecule is COc1ccc(CN2CCNCC2c2nccn2C)cc1OCc1ccccc1. The minimum Gasteiger partial charge on any atom is -0.493 e. The second-order valence-corrected chi connectivity index (χ2v) is 7.35. The zero-order valence-electron chi connectivity index (χ0n) is 17.0. The summed E-state index contributed by atoms with van der Waals surface area (Å²) >= 11 is 0. The summed E-state index contributed by atoms with van der Waals surface area (Å²) in [7, 11) is 3.73. The van der Waals surface area contributed by atoms with Gasteiger partial charge in [0.05, 0.1) is 13.2 Å². The van der Waals surface area contributed by atoms with Crippen LogP contribution in [0.25, 0.3) is 0 Å². The van der Waals surface area contributed by atoms with Gasteiger partial charge < -0.3 is 19.4 Å². The number of aromatic nitrogens is 2. The van der Waals surface area contributed by atoms with Crippen molar-refractivity contribution in [1.29, 1.82) is 0 Å². The molecular weight excluding hydrogens is 364 g/mol. The predicted molar refractivity (Wildman–Crippen MR) is 113 cm³/mol. The van der Waals surface area contributed by atoms with Crippen LogP contribution in [0.1, 0.15) is 23.0 Å². The van der Waals surface area contributed by atoms with Gasteiger partial charge in [0, 0.05) is 45.6 Å². The van der Waals surface area contributed by atoms with Gasteiger partial charge in [-0.1, -0.05) is 36.4 Å². The second kappa shape index (κ2) is 9.11. The Kier molecular flexibility index (Phi) is 6.12. The monoisotopic (exact) mass is 392 g/mol. The summed E-state index contributed by atoms with van der Waals surface area (Å²) in [6.07, 6.45) is 3.87.